The van der Waals surface area contributed by atoms with Crippen LogP contribution in [0.2, 0.25) is 0 Å². The fourth-order valence-corrected chi connectivity index (χ4v) is 3.26. The van der Waals surface area contributed by atoms with Crippen molar-refractivity contribution in [2.24, 2.45) is 5.73 Å². The number of amides is 1. The van der Waals surface area contributed by atoms with Gasteiger partial charge in [-0.15, -0.1) is 11.3 Å². The summed E-state index contributed by atoms with van der Waals surface area (Å²) in [6.07, 6.45) is 3.86. The van der Waals surface area contributed by atoms with Crippen molar-refractivity contribution in [1.29, 1.82) is 0 Å². The maximum atomic E-state index is 12.1. The van der Waals surface area contributed by atoms with Crippen LogP contribution >= 0.6 is 23.6 Å². The first kappa shape index (κ1) is 12.5. The first-order chi connectivity index (χ1) is 8.03. The van der Waals surface area contributed by atoms with Gasteiger partial charge in [0.15, 0.2) is 0 Å². The molecule has 1 aliphatic carbocycles. The lowest BCUT2D eigenvalue weighted by atomic mass is 9.97. The summed E-state index contributed by atoms with van der Waals surface area (Å²) in [6.45, 7) is 1.99. The Balaban J connectivity index is 2.14. The van der Waals surface area contributed by atoms with Crippen molar-refractivity contribution in [3.8, 4) is 0 Å². The topological polar surface area (TPSA) is 55.1 Å². The number of carbonyl (C=O) groups is 1. The average molecular weight is 268 g/mol. The number of aryl methyl sites for hydroxylation is 1. The van der Waals surface area contributed by atoms with Gasteiger partial charge in [0.2, 0.25) is 0 Å². The van der Waals surface area contributed by atoms with Crippen LogP contribution in [-0.2, 0) is 0 Å². The van der Waals surface area contributed by atoms with Crippen molar-refractivity contribution in [1.82, 2.24) is 5.32 Å². The number of nitrogens with one attached hydrogen (secondary N) is 1. The molecule has 1 amide bonds. The zero-order valence-electron chi connectivity index (χ0n) is 9.79. The van der Waals surface area contributed by atoms with Gasteiger partial charge in [-0.3, -0.25) is 4.79 Å². The predicted molar refractivity (Wildman–Crippen MR) is 74.5 cm³/mol. The van der Waals surface area contributed by atoms with E-state index < -0.39 is 5.54 Å². The summed E-state index contributed by atoms with van der Waals surface area (Å²) >= 11 is 6.60. The largest absolute Gasteiger partial charge is 0.391 e. The molecule has 2 rings (SSSR count). The summed E-state index contributed by atoms with van der Waals surface area (Å²) in [5.74, 6) is -0.0576. The second-order valence-corrected chi connectivity index (χ2v) is 6.25. The van der Waals surface area contributed by atoms with E-state index >= 15 is 0 Å². The number of carbonyl (C=O) groups excluding carboxylic acids is 1. The van der Waals surface area contributed by atoms with Crippen molar-refractivity contribution >= 4 is 34.5 Å². The third-order valence-corrected chi connectivity index (χ3v) is 4.64. The van der Waals surface area contributed by atoms with Gasteiger partial charge in [-0.05, 0) is 31.9 Å². The molecule has 1 fully saturated rings. The van der Waals surface area contributed by atoms with E-state index in [1.807, 2.05) is 19.1 Å². The highest BCUT2D eigenvalue weighted by molar-refractivity contribution is 7.80. The Labute approximate surface area is 110 Å². The second kappa shape index (κ2) is 4.74. The normalized spacial score (nSPS) is 17.9. The highest BCUT2D eigenvalue weighted by atomic mass is 32.1. The van der Waals surface area contributed by atoms with Crippen LogP contribution in [0.3, 0.4) is 0 Å². The molecule has 0 bridgehead atoms. The predicted octanol–water partition coefficient (Wildman–Crippen LogP) is 2.39. The van der Waals surface area contributed by atoms with Gasteiger partial charge in [-0.25, -0.2) is 0 Å². The monoisotopic (exact) mass is 268 g/mol. The van der Waals surface area contributed by atoms with Gasteiger partial charge < -0.3 is 11.1 Å². The Bertz CT molecular complexity index is 447. The van der Waals surface area contributed by atoms with Crippen molar-refractivity contribution in [2.75, 3.05) is 0 Å². The summed E-state index contributed by atoms with van der Waals surface area (Å²) < 4.78 is 0. The van der Waals surface area contributed by atoms with Gasteiger partial charge in [-0.2, -0.15) is 0 Å². The molecule has 0 aromatic carbocycles. The molecule has 0 atom stereocenters. The fourth-order valence-electron chi connectivity index (χ4n) is 2.25. The van der Waals surface area contributed by atoms with Crippen LogP contribution < -0.4 is 11.1 Å². The number of thiophene rings is 1. The zero-order chi connectivity index (χ0) is 12.5. The molecule has 1 aromatic rings. The van der Waals surface area contributed by atoms with Crippen LogP contribution in [0.4, 0.5) is 0 Å². The third-order valence-electron chi connectivity index (χ3n) is 3.25. The highest BCUT2D eigenvalue weighted by Gasteiger charge is 2.38. The Morgan fingerprint density at radius 3 is 2.59 bits per heavy atom. The number of hydrogen-bond acceptors (Lipinski definition) is 3. The molecule has 0 spiro atoms. The molecule has 0 saturated heterocycles. The minimum atomic E-state index is -0.454. The maximum Gasteiger partial charge on any atom is 0.262 e. The van der Waals surface area contributed by atoms with Gasteiger partial charge in [0.25, 0.3) is 5.91 Å². The lowest BCUT2D eigenvalue weighted by Gasteiger charge is -2.28. The van der Waals surface area contributed by atoms with Crippen molar-refractivity contribution in [2.45, 2.75) is 38.1 Å². The van der Waals surface area contributed by atoms with Crippen molar-refractivity contribution < 1.29 is 4.79 Å². The van der Waals surface area contributed by atoms with Gasteiger partial charge in [0.1, 0.15) is 0 Å². The van der Waals surface area contributed by atoms with E-state index in [4.69, 9.17) is 18.0 Å². The van der Waals surface area contributed by atoms with E-state index in [1.165, 1.54) is 11.3 Å². The Hall–Kier alpha value is -0.940. The molecule has 92 valence electrons. The smallest absolute Gasteiger partial charge is 0.262 e. The molecule has 17 heavy (non-hydrogen) atoms. The standard InChI is InChI=1S/C12H16N2OS2/c1-8-4-5-9(17-8)10(15)14-12(11(13)16)6-2-3-7-12/h4-5H,2-3,6-7H2,1H3,(H2,13,16)(H,14,15). The van der Waals surface area contributed by atoms with E-state index in [1.54, 1.807) is 0 Å². The van der Waals surface area contributed by atoms with Crippen molar-refractivity contribution in [3.63, 3.8) is 0 Å². The lowest BCUT2D eigenvalue weighted by Crippen LogP contribution is -2.54. The van der Waals surface area contributed by atoms with E-state index in [9.17, 15) is 4.79 Å². The maximum absolute atomic E-state index is 12.1. The molecule has 3 N–H and O–H groups in total. The first-order valence-electron chi connectivity index (χ1n) is 5.72. The Morgan fingerprint density at radius 2 is 2.12 bits per heavy atom. The molecule has 1 saturated carbocycles. The van der Waals surface area contributed by atoms with E-state index in [0.717, 1.165) is 35.4 Å². The van der Waals surface area contributed by atoms with Crippen LogP contribution in [-0.4, -0.2) is 16.4 Å². The highest BCUT2D eigenvalue weighted by Crippen LogP contribution is 2.30. The van der Waals surface area contributed by atoms with Crippen LogP contribution in [0.5, 0.6) is 0 Å². The molecule has 0 radical (unpaired) electrons. The lowest BCUT2D eigenvalue weighted by molar-refractivity contribution is 0.0928. The van der Waals surface area contributed by atoms with Crippen LogP contribution in [0.25, 0.3) is 0 Å². The zero-order valence-corrected chi connectivity index (χ0v) is 11.4. The second-order valence-electron chi connectivity index (χ2n) is 4.52. The number of nitrogens with two attached hydrogens (primary N) is 1. The van der Waals surface area contributed by atoms with Crippen molar-refractivity contribution in [3.05, 3.63) is 21.9 Å². The first-order valence-corrected chi connectivity index (χ1v) is 6.95. The van der Waals surface area contributed by atoms with Crippen LogP contribution in [0.15, 0.2) is 12.1 Å². The summed E-state index contributed by atoms with van der Waals surface area (Å²) in [6, 6.07) is 3.79. The molecule has 5 heteroatoms. The van der Waals surface area contributed by atoms with Gasteiger partial charge in [0.05, 0.1) is 15.4 Å². The molecular weight excluding hydrogens is 252 g/mol. The third kappa shape index (κ3) is 2.50. The summed E-state index contributed by atoms with van der Waals surface area (Å²) in [4.78, 5) is 14.4. The molecule has 3 nitrogen and oxygen atoms in total. The van der Waals surface area contributed by atoms with E-state index in [0.29, 0.717) is 4.99 Å². The van der Waals surface area contributed by atoms with Gasteiger partial charge in [0, 0.05) is 4.88 Å². The number of rotatable bonds is 3. The number of hydrogen-bond donors (Lipinski definition) is 2. The Morgan fingerprint density at radius 1 is 1.47 bits per heavy atom. The molecular formula is C12H16N2OS2. The molecule has 0 aliphatic heterocycles. The SMILES string of the molecule is Cc1ccc(C(=O)NC2(C(N)=S)CCCC2)s1. The van der Waals surface area contributed by atoms with E-state index in [-0.39, 0.29) is 5.91 Å². The fraction of sp³-hybridized carbons (Fsp3) is 0.500. The number of thiocarbonyl (C=S) groups is 1. The molecule has 0 unspecified atom stereocenters. The summed E-state index contributed by atoms with van der Waals surface area (Å²) in [7, 11) is 0. The van der Waals surface area contributed by atoms with Gasteiger partial charge >= 0.3 is 0 Å². The van der Waals surface area contributed by atoms with Gasteiger partial charge in [-0.1, -0.05) is 25.1 Å². The minimum absolute atomic E-state index is 0.0576. The molecule has 1 aliphatic rings. The minimum Gasteiger partial charge on any atom is -0.391 e. The summed E-state index contributed by atoms with van der Waals surface area (Å²) in [5.41, 5.74) is 5.33. The van der Waals surface area contributed by atoms with E-state index in [2.05, 4.69) is 5.32 Å². The van der Waals surface area contributed by atoms with Crippen LogP contribution in [0, 0.1) is 6.92 Å². The van der Waals surface area contributed by atoms with Crippen LogP contribution in [0.1, 0.15) is 40.2 Å². The average Bonchev–Trinajstić information content (AvgIpc) is 2.87. The molecule has 1 heterocycles. The quantitative estimate of drug-likeness (QED) is 0.828. The summed E-state index contributed by atoms with van der Waals surface area (Å²) in [5, 5.41) is 3.03. The molecule has 1 aromatic heterocycles. The Kier molecular flexibility index (Phi) is 3.49.